The van der Waals surface area contributed by atoms with Gasteiger partial charge in [0, 0.05) is 13.1 Å². The van der Waals surface area contributed by atoms with E-state index >= 15 is 0 Å². The standard InChI is InChI=1S/C9H14N2O4/c12-8(13)6-1-2-11(4-6)5-7-3-10-9(14)15-7/h6-7H,1-5H2,(H,10,14)(H,12,13). The molecule has 0 bridgehead atoms. The summed E-state index contributed by atoms with van der Waals surface area (Å²) in [5.41, 5.74) is 0. The first-order valence-electron chi connectivity index (χ1n) is 5.05. The van der Waals surface area contributed by atoms with Gasteiger partial charge in [0.05, 0.1) is 12.5 Å². The number of aliphatic carboxylic acids is 1. The van der Waals surface area contributed by atoms with E-state index in [9.17, 15) is 9.59 Å². The number of nitrogens with one attached hydrogen (secondary N) is 1. The summed E-state index contributed by atoms with van der Waals surface area (Å²) in [6.07, 6.45) is 0.169. The predicted octanol–water partition coefficient (Wildman–Crippen LogP) is -0.499. The number of rotatable bonds is 3. The normalized spacial score (nSPS) is 31.3. The number of amides is 1. The Balaban J connectivity index is 1.77. The minimum atomic E-state index is -0.737. The zero-order valence-electron chi connectivity index (χ0n) is 8.31. The van der Waals surface area contributed by atoms with Crippen LogP contribution in [0.2, 0.25) is 0 Å². The number of likely N-dealkylation sites (tertiary alicyclic amines) is 1. The summed E-state index contributed by atoms with van der Waals surface area (Å²) in [5.74, 6) is -1.01. The number of alkyl carbamates (subject to hydrolysis) is 1. The van der Waals surface area contributed by atoms with Gasteiger partial charge in [-0.25, -0.2) is 4.79 Å². The molecule has 2 unspecified atom stereocenters. The third-order valence-corrected chi connectivity index (χ3v) is 2.83. The van der Waals surface area contributed by atoms with Crippen LogP contribution in [-0.4, -0.2) is 54.4 Å². The number of hydrogen-bond donors (Lipinski definition) is 2. The summed E-state index contributed by atoms with van der Waals surface area (Å²) in [5, 5.41) is 11.4. The Morgan fingerprint density at radius 3 is 3.00 bits per heavy atom. The van der Waals surface area contributed by atoms with Gasteiger partial charge in [-0.2, -0.15) is 0 Å². The highest BCUT2D eigenvalue weighted by atomic mass is 16.6. The highest BCUT2D eigenvalue weighted by molar-refractivity contribution is 5.70. The molecule has 2 fully saturated rings. The van der Waals surface area contributed by atoms with E-state index in [1.165, 1.54) is 0 Å². The Morgan fingerprint density at radius 1 is 1.67 bits per heavy atom. The van der Waals surface area contributed by atoms with Crippen molar-refractivity contribution in [3.8, 4) is 0 Å². The first-order chi connectivity index (χ1) is 7.15. The maximum absolute atomic E-state index is 10.8. The zero-order valence-corrected chi connectivity index (χ0v) is 8.31. The van der Waals surface area contributed by atoms with Gasteiger partial charge >= 0.3 is 12.1 Å². The van der Waals surface area contributed by atoms with E-state index in [0.29, 0.717) is 26.1 Å². The second-order valence-electron chi connectivity index (χ2n) is 3.99. The van der Waals surface area contributed by atoms with Crippen molar-refractivity contribution in [1.82, 2.24) is 10.2 Å². The predicted molar refractivity (Wildman–Crippen MR) is 50.5 cm³/mol. The molecule has 2 atom stereocenters. The highest BCUT2D eigenvalue weighted by Crippen LogP contribution is 2.17. The Kier molecular flexibility index (Phi) is 2.77. The van der Waals surface area contributed by atoms with E-state index in [4.69, 9.17) is 9.84 Å². The topological polar surface area (TPSA) is 78.9 Å². The molecule has 2 heterocycles. The van der Waals surface area contributed by atoms with Gasteiger partial charge < -0.3 is 15.2 Å². The molecule has 6 nitrogen and oxygen atoms in total. The molecule has 2 N–H and O–H groups in total. The van der Waals surface area contributed by atoms with Crippen LogP contribution in [-0.2, 0) is 9.53 Å². The molecular formula is C9H14N2O4. The quantitative estimate of drug-likeness (QED) is 0.662. The number of hydrogen-bond acceptors (Lipinski definition) is 4. The maximum Gasteiger partial charge on any atom is 0.407 e. The fourth-order valence-corrected chi connectivity index (χ4v) is 2.02. The Morgan fingerprint density at radius 2 is 2.47 bits per heavy atom. The number of nitrogens with zero attached hydrogens (tertiary/aromatic N) is 1. The van der Waals surface area contributed by atoms with Crippen LogP contribution in [0.1, 0.15) is 6.42 Å². The summed E-state index contributed by atoms with van der Waals surface area (Å²) in [4.78, 5) is 23.5. The Labute approximate surface area is 87.2 Å². The smallest absolute Gasteiger partial charge is 0.407 e. The largest absolute Gasteiger partial charge is 0.481 e. The van der Waals surface area contributed by atoms with Crippen LogP contribution in [0.15, 0.2) is 0 Å². The lowest BCUT2D eigenvalue weighted by atomic mass is 10.1. The SMILES string of the molecule is O=C1NCC(CN2CCC(C(=O)O)C2)O1. The molecule has 0 aliphatic carbocycles. The van der Waals surface area contributed by atoms with Crippen molar-refractivity contribution in [3.05, 3.63) is 0 Å². The van der Waals surface area contributed by atoms with Crippen molar-refractivity contribution >= 4 is 12.1 Å². The van der Waals surface area contributed by atoms with Crippen molar-refractivity contribution in [2.45, 2.75) is 12.5 Å². The van der Waals surface area contributed by atoms with Gasteiger partial charge in [-0.1, -0.05) is 0 Å². The lowest BCUT2D eigenvalue weighted by Crippen LogP contribution is -2.33. The van der Waals surface area contributed by atoms with Crippen LogP contribution in [0.5, 0.6) is 0 Å². The first-order valence-corrected chi connectivity index (χ1v) is 5.05. The highest BCUT2D eigenvalue weighted by Gasteiger charge is 2.31. The number of carboxylic acids is 1. The molecule has 2 saturated heterocycles. The van der Waals surface area contributed by atoms with Crippen LogP contribution >= 0.6 is 0 Å². The molecule has 0 aromatic carbocycles. The van der Waals surface area contributed by atoms with Crippen molar-refractivity contribution in [2.75, 3.05) is 26.2 Å². The van der Waals surface area contributed by atoms with E-state index in [1.54, 1.807) is 0 Å². The fourth-order valence-electron chi connectivity index (χ4n) is 2.02. The molecule has 84 valence electrons. The zero-order chi connectivity index (χ0) is 10.8. The summed E-state index contributed by atoms with van der Waals surface area (Å²) in [6, 6.07) is 0. The molecule has 6 heteroatoms. The van der Waals surface area contributed by atoms with Gasteiger partial charge in [-0.15, -0.1) is 0 Å². The maximum atomic E-state index is 10.8. The average molecular weight is 214 g/mol. The van der Waals surface area contributed by atoms with Crippen LogP contribution in [0.4, 0.5) is 4.79 Å². The Bertz CT molecular complexity index is 281. The third-order valence-electron chi connectivity index (χ3n) is 2.83. The lowest BCUT2D eigenvalue weighted by Gasteiger charge is -2.18. The van der Waals surface area contributed by atoms with Gasteiger partial charge in [-0.05, 0) is 13.0 Å². The van der Waals surface area contributed by atoms with Crippen LogP contribution < -0.4 is 5.32 Å². The molecule has 1 amide bonds. The molecule has 0 spiro atoms. The number of carboxylic acid groups (broad SMARTS) is 1. The van der Waals surface area contributed by atoms with E-state index in [2.05, 4.69) is 5.32 Å². The second kappa shape index (κ2) is 4.06. The van der Waals surface area contributed by atoms with Gasteiger partial charge in [0.25, 0.3) is 0 Å². The molecule has 0 aromatic rings. The number of carbonyl (C=O) groups is 2. The van der Waals surface area contributed by atoms with E-state index in [0.717, 1.165) is 6.54 Å². The van der Waals surface area contributed by atoms with Gasteiger partial charge in [0.2, 0.25) is 0 Å². The minimum Gasteiger partial charge on any atom is -0.481 e. The molecule has 0 saturated carbocycles. The second-order valence-corrected chi connectivity index (χ2v) is 3.99. The number of ether oxygens (including phenoxy) is 1. The molecule has 0 radical (unpaired) electrons. The molecular weight excluding hydrogens is 200 g/mol. The van der Waals surface area contributed by atoms with Gasteiger partial charge in [-0.3, -0.25) is 9.69 Å². The summed E-state index contributed by atoms with van der Waals surface area (Å²) in [6.45, 7) is 2.48. The van der Waals surface area contributed by atoms with Crippen molar-refractivity contribution in [2.24, 2.45) is 5.92 Å². The van der Waals surface area contributed by atoms with E-state index < -0.39 is 5.97 Å². The Hall–Kier alpha value is -1.30. The lowest BCUT2D eigenvalue weighted by molar-refractivity contribution is -0.141. The first kappa shape index (κ1) is 10.2. The van der Waals surface area contributed by atoms with Gasteiger partial charge in [0.1, 0.15) is 6.10 Å². The summed E-state index contributed by atoms with van der Waals surface area (Å²) < 4.78 is 4.98. The molecule has 0 aromatic heterocycles. The number of cyclic esters (lactones) is 1. The van der Waals surface area contributed by atoms with Crippen LogP contribution in [0, 0.1) is 5.92 Å². The van der Waals surface area contributed by atoms with Crippen molar-refractivity contribution in [1.29, 1.82) is 0 Å². The summed E-state index contributed by atoms with van der Waals surface area (Å²) >= 11 is 0. The number of carbonyl (C=O) groups excluding carboxylic acids is 1. The molecule has 2 rings (SSSR count). The molecule has 15 heavy (non-hydrogen) atoms. The molecule has 2 aliphatic rings. The van der Waals surface area contributed by atoms with E-state index in [-0.39, 0.29) is 18.1 Å². The van der Waals surface area contributed by atoms with Gasteiger partial charge in [0.15, 0.2) is 0 Å². The molecule has 2 aliphatic heterocycles. The van der Waals surface area contributed by atoms with Crippen molar-refractivity contribution in [3.63, 3.8) is 0 Å². The van der Waals surface area contributed by atoms with Crippen LogP contribution in [0.25, 0.3) is 0 Å². The fraction of sp³-hybridized carbons (Fsp3) is 0.778. The third kappa shape index (κ3) is 2.38. The van der Waals surface area contributed by atoms with Crippen molar-refractivity contribution < 1.29 is 19.4 Å². The minimum absolute atomic E-state index is 0.134. The monoisotopic (exact) mass is 214 g/mol. The average Bonchev–Trinajstić information content (AvgIpc) is 2.76. The summed E-state index contributed by atoms with van der Waals surface area (Å²) in [7, 11) is 0. The van der Waals surface area contributed by atoms with E-state index in [1.807, 2.05) is 4.90 Å². The van der Waals surface area contributed by atoms with Crippen LogP contribution in [0.3, 0.4) is 0 Å².